The van der Waals surface area contributed by atoms with Gasteiger partial charge in [-0.3, -0.25) is 0 Å². The van der Waals surface area contributed by atoms with Crippen molar-refractivity contribution in [2.75, 3.05) is 5.73 Å². The van der Waals surface area contributed by atoms with Crippen LogP contribution in [0.5, 0.6) is 5.75 Å². The van der Waals surface area contributed by atoms with Gasteiger partial charge >= 0.3 is 0 Å². The smallest absolute Gasteiger partial charge is 0.123 e. The Morgan fingerprint density at radius 3 is 2.27 bits per heavy atom. The Morgan fingerprint density at radius 2 is 1.73 bits per heavy atom. The maximum Gasteiger partial charge on any atom is 0.123 e. The molecule has 0 saturated carbocycles. The van der Waals surface area contributed by atoms with Gasteiger partial charge in [-0.15, -0.1) is 0 Å². The average Bonchev–Trinajstić information content (AvgIpc) is 2.49. The molecule has 0 spiro atoms. The van der Waals surface area contributed by atoms with Crippen LogP contribution >= 0.6 is 0 Å². The first-order valence-corrected chi connectivity index (χ1v) is 8.11. The molecule has 0 aromatic heterocycles. The molecule has 0 heterocycles. The first kappa shape index (κ1) is 16.4. The molecule has 2 nitrogen and oxygen atoms in total. The van der Waals surface area contributed by atoms with Gasteiger partial charge in [-0.2, -0.15) is 0 Å². The number of hydrogen-bond acceptors (Lipinski definition) is 2. The summed E-state index contributed by atoms with van der Waals surface area (Å²) in [6, 6.07) is 14.7. The first-order chi connectivity index (χ1) is 10.5. The number of anilines is 1. The summed E-state index contributed by atoms with van der Waals surface area (Å²) in [5.74, 6) is 1.56. The largest absolute Gasteiger partial charge is 0.486 e. The number of hydrogen-bond donors (Lipinski definition) is 1. The van der Waals surface area contributed by atoms with Crippen molar-refractivity contribution in [3.63, 3.8) is 0 Å². The summed E-state index contributed by atoms with van der Waals surface area (Å²) in [6.07, 6.45) is 2.14. The van der Waals surface area contributed by atoms with E-state index in [1.807, 2.05) is 25.1 Å². The third-order valence-electron chi connectivity index (χ3n) is 3.89. The lowest BCUT2D eigenvalue weighted by Crippen LogP contribution is -2.07. The summed E-state index contributed by atoms with van der Waals surface area (Å²) < 4.78 is 6.15. The fraction of sp³-hybridized carbons (Fsp3) is 0.400. The standard InChI is InChI=1S/C20H27NO/c1-5-20(22-18-10-11-19(21)15(4)13-18)17-8-6-16(7-9-17)12-14(2)3/h6-11,13-14,20H,5,12,21H2,1-4H3. The second-order valence-corrected chi connectivity index (χ2v) is 6.37. The first-order valence-electron chi connectivity index (χ1n) is 8.11. The van der Waals surface area contributed by atoms with E-state index < -0.39 is 0 Å². The summed E-state index contributed by atoms with van der Waals surface area (Å²) in [6.45, 7) is 8.64. The third-order valence-corrected chi connectivity index (χ3v) is 3.89. The zero-order valence-electron chi connectivity index (χ0n) is 14.1. The second kappa shape index (κ2) is 7.35. The van der Waals surface area contributed by atoms with Gasteiger partial charge in [0.15, 0.2) is 0 Å². The van der Waals surface area contributed by atoms with Crippen molar-refractivity contribution in [1.82, 2.24) is 0 Å². The average molecular weight is 297 g/mol. The maximum absolute atomic E-state index is 6.15. The van der Waals surface area contributed by atoms with Crippen LogP contribution in [0.2, 0.25) is 0 Å². The molecule has 2 aromatic rings. The van der Waals surface area contributed by atoms with Crippen molar-refractivity contribution in [2.45, 2.75) is 46.6 Å². The predicted octanol–water partition coefficient (Wildman–Crippen LogP) is 5.31. The fourth-order valence-electron chi connectivity index (χ4n) is 2.61. The SMILES string of the molecule is CCC(Oc1ccc(N)c(C)c1)c1ccc(CC(C)C)cc1. The molecular weight excluding hydrogens is 270 g/mol. The molecule has 2 aromatic carbocycles. The van der Waals surface area contributed by atoms with Crippen molar-refractivity contribution >= 4 is 5.69 Å². The van der Waals surface area contributed by atoms with Crippen molar-refractivity contribution in [1.29, 1.82) is 0 Å². The second-order valence-electron chi connectivity index (χ2n) is 6.37. The van der Waals surface area contributed by atoms with Gasteiger partial charge in [0.2, 0.25) is 0 Å². The number of rotatable bonds is 6. The topological polar surface area (TPSA) is 35.2 Å². The molecule has 0 bridgehead atoms. The predicted molar refractivity (Wildman–Crippen MR) is 94.2 cm³/mol. The normalized spacial score (nSPS) is 12.4. The highest BCUT2D eigenvalue weighted by Crippen LogP contribution is 2.27. The van der Waals surface area contributed by atoms with Gasteiger partial charge in [0.25, 0.3) is 0 Å². The lowest BCUT2D eigenvalue weighted by Gasteiger charge is -2.19. The van der Waals surface area contributed by atoms with Crippen molar-refractivity contribution < 1.29 is 4.74 Å². The van der Waals surface area contributed by atoms with E-state index in [4.69, 9.17) is 10.5 Å². The molecule has 22 heavy (non-hydrogen) atoms. The Bertz CT molecular complexity index is 602. The van der Waals surface area contributed by atoms with E-state index in [2.05, 4.69) is 45.0 Å². The van der Waals surface area contributed by atoms with Crippen LogP contribution in [0.1, 0.15) is 50.0 Å². The van der Waals surface area contributed by atoms with E-state index in [0.29, 0.717) is 5.92 Å². The Balaban J connectivity index is 2.12. The van der Waals surface area contributed by atoms with Crippen molar-refractivity contribution in [3.05, 3.63) is 59.2 Å². The lowest BCUT2D eigenvalue weighted by atomic mass is 9.99. The summed E-state index contributed by atoms with van der Waals surface area (Å²) in [7, 11) is 0. The Hall–Kier alpha value is -1.96. The zero-order valence-corrected chi connectivity index (χ0v) is 14.1. The molecule has 0 aliphatic rings. The quantitative estimate of drug-likeness (QED) is 0.734. The maximum atomic E-state index is 6.15. The number of ether oxygens (including phenoxy) is 1. The van der Waals surface area contributed by atoms with Gasteiger partial charge in [-0.25, -0.2) is 0 Å². The van der Waals surface area contributed by atoms with Crippen LogP contribution < -0.4 is 10.5 Å². The van der Waals surface area contributed by atoms with E-state index in [9.17, 15) is 0 Å². The van der Waals surface area contributed by atoms with Gasteiger partial charge in [0.05, 0.1) is 0 Å². The highest BCUT2D eigenvalue weighted by atomic mass is 16.5. The summed E-state index contributed by atoms with van der Waals surface area (Å²) in [4.78, 5) is 0. The fourth-order valence-corrected chi connectivity index (χ4v) is 2.61. The molecule has 2 N–H and O–H groups in total. The molecule has 0 fully saturated rings. The monoisotopic (exact) mass is 297 g/mol. The number of benzene rings is 2. The van der Waals surface area contributed by atoms with Crippen molar-refractivity contribution in [3.8, 4) is 5.75 Å². The number of nitrogen functional groups attached to an aromatic ring is 1. The zero-order chi connectivity index (χ0) is 16.1. The number of aryl methyl sites for hydroxylation is 1. The molecule has 0 saturated heterocycles. The molecule has 1 unspecified atom stereocenters. The van der Waals surface area contributed by atoms with Crippen LogP contribution in [0, 0.1) is 12.8 Å². The van der Waals surface area contributed by atoms with Crippen LogP contribution in [-0.4, -0.2) is 0 Å². The van der Waals surface area contributed by atoms with E-state index in [-0.39, 0.29) is 6.10 Å². The van der Waals surface area contributed by atoms with Crippen LogP contribution in [0.25, 0.3) is 0 Å². The van der Waals surface area contributed by atoms with E-state index in [0.717, 1.165) is 29.8 Å². The van der Waals surface area contributed by atoms with Gasteiger partial charge < -0.3 is 10.5 Å². The molecule has 0 radical (unpaired) electrons. The molecule has 118 valence electrons. The minimum absolute atomic E-state index is 0.0797. The van der Waals surface area contributed by atoms with Crippen LogP contribution in [0.3, 0.4) is 0 Å². The minimum Gasteiger partial charge on any atom is -0.486 e. The van der Waals surface area contributed by atoms with Crippen LogP contribution in [0.15, 0.2) is 42.5 Å². The van der Waals surface area contributed by atoms with E-state index >= 15 is 0 Å². The molecule has 0 aliphatic heterocycles. The Morgan fingerprint density at radius 1 is 1.05 bits per heavy atom. The molecule has 0 amide bonds. The molecule has 0 aliphatic carbocycles. The summed E-state index contributed by atoms with van der Waals surface area (Å²) in [5.41, 5.74) is 10.3. The Labute approximate surface area is 134 Å². The van der Waals surface area contributed by atoms with Gasteiger partial charge in [0.1, 0.15) is 11.9 Å². The van der Waals surface area contributed by atoms with Crippen LogP contribution in [-0.2, 0) is 6.42 Å². The van der Waals surface area contributed by atoms with Crippen molar-refractivity contribution in [2.24, 2.45) is 5.92 Å². The lowest BCUT2D eigenvalue weighted by molar-refractivity contribution is 0.201. The highest BCUT2D eigenvalue weighted by molar-refractivity contribution is 5.49. The molecule has 2 rings (SSSR count). The van der Waals surface area contributed by atoms with Gasteiger partial charge in [-0.1, -0.05) is 45.0 Å². The van der Waals surface area contributed by atoms with Crippen LogP contribution in [0.4, 0.5) is 5.69 Å². The minimum atomic E-state index is 0.0797. The van der Waals surface area contributed by atoms with E-state index in [1.165, 1.54) is 11.1 Å². The molecular formula is C20H27NO. The number of nitrogens with two attached hydrogens (primary N) is 1. The van der Waals surface area contributed by atoms with Gasteiger partial charge in [0, 0.05) is 5.69 Å². The highest BCUT2D eigenvalue weighted by Gasteiger charge is 2.12. The summed E-state index contributed by atoms with van der Waals surface area (Å²) >= 11 is 0. The van der Waals surface area contributed by atoms with E-state index in [1.54, 1.807) is 0 Å². The third kappa shape index (κ3) is 4.27. The molecule has 1 atom stereocenters. The molecule has 2 heteroatoms. The van der Waals surface area contributed by atoms with Gasteiger partial charge in [-0.05, 0) is 60.6 Å². The Kier molecular flexibility index (Phi) is 5.48. The summed E-state index contributed by atoms with van der Waals surface area (Å²) in [5, 5.41) is 0.